The first-order chi connectivity index (χ1) is 8.30. The summed E-state index contributed by atoms with van der Waals surface area (Å²) in [5, 5.41) is 20.1. The summed E-state index contributed by atoms with van der Waals surface area (Å²) in [7, 11) is 0. The van der Waals surface area contributed by atoms with Crippen molar-refractivity contribution in [3.63, 3.8) is 0 Å². The normalized spacial score (nSPS) is 27.2. The standard InChI is InChI=1S/C12H20N2O4/c1-4-8(7-15)13-9-5-12(2,3)6-10(16)11(9)14(17)18/h8,11,15H,4-7H2,1-3H3/t8-,11?/m1/s1. The molecular formula is C12H20N2O4. The first-order valence-electron chi connectivity index (χ1n) is 6.14. The van der Waals surface area contributed by atoms with E-state index in [-0.39, 0.29) is 30.3 Å². The SMILES string of the molecule is CC[C@H](CO)N=C1CC(C)(C)CC(=O)C1[N+](=O)[O-]. The lowest BCUT2D eigenvalue weighted by Gasteiger charge is -2.31. The van der Waals surface area contributed by atoms with Crippen molar-refractivity contribution in [2.24, 2.45) is 10.4 Å². The topological polar surface area (TPSA) is 92.8 Å². The van der Waals surface area contributed by atoms with Crippen LogP contribution in [0, 0.1) is 15.5 Å². The molecule has 1 N–H and O–H groups in total. The molecule has 0 saturated heterocycles. The Hall–Kier alpha value is -1.30. The quantitative estimate of drug-likeness (QED) is 0.604. The first-order valence-corrected chi connectivity index (χ1v) is 6.14. The van der Waals surface area contributed by atoms with E-state index in [1.165, 1.54) is 0 Å². The van der Waals surface area contributed by atoms with E-state index in [1.807, 2.05) is 20.8 Å². The Morgan fingerprint density at radius 3 is 2.61 bits per heavy atom. The number of Topliss-reactive ketones (excluding diaryl/α,β-unsaturated/α-hetero) is 1. The highest BCUT2D eigenvalue weighted by Gasteiger charge is 2.45. The summed E-state index contributed by atoms with van der Waals surface area (Å²) in [5.41, 5.74) is 0.0121. The Balaban J connectivity index is 3.08. The largest absolute Gasteiger partial charge is 0.394 e. The fourth-order valence-corrected chi connectivity index (χ4v) is 2.25. The lowest BCUT2D eigenvalue weighted by Crippen LogP contribution is -2.46. The van der Waals surface area contributed by atoms with Crippen LogP contribution in [0.4, 0.5) is 0 Å². The monoisotopic (exact) mass is 256 g/mol. The van der Waals surface area contributed by atoms with E-state index in [1.54, 1.807) is 0 Å². The number of nitrogens with zero attached hydrogens (tertiary/aromatic N) is 2. The fraction of sp³-hybridized carbons (Fsp3) is 0.833. The molecule has 0 aromatic carbocycles. The van der Waals surface area contributed by atoms with Crippen LogP contribution in [0.2, 0.25) is 0 Å². The number of aliphatic hydroxyl groups is 1. The third-order valence-corrected chi connectivity index (χ3v) is 3.17. The fourth-order valence-electron chi connectivity index (χ4n) is 2.25. The molecule has 1 aliphatic rings. The van der Waals surface area contributed by atoms with Crippen LogP contribution < -0.4 is 0 Å². The average Bonchev–Trinajstić information content (AvgIpc) is 2.22. The number of hydrogen-bond acceptors (Lipinski definition) is 5. The molecule has 1 rings (SSSR count). The zero-order valence-electron chi connectivity index (χ0n) is 11.0. The molecule has 0 aromatic rings. The van der Waals surface area contributed by atoms with Crippen molar-refractivity contribution < 1.29 is 14.8 Å². The van der Waals surface area contributed by atoms with Crippen LogP contribution in [0.5, 0.6) is 0 Å². The predicted octanol–water partition coefficient (Wildman–Crippen LogP) is 1.23. The van der Waals surface area contributed by atoms with E-state index < -0.39 is 11.0 Å². The van der Waals surface area contributed by atoms with Crippen LogP contribution in [-0.4, -0.2) is 40.2 Å². The third-order valence-electron chi connectivity index (χ3n) is 3.17. The summed E-state index contributed by atoms with van der Waals surface area (Å²) in [6.07, 6.45) is 1.23. The lowest BCUT2D eigenvalue weighted by atomic mass is 9.74. The van der Waals surface area contributed by atoms with Gasteiger partial charge in [-0.05, 0) is 18.3 Å². The van der Waals surface area contributed by atoms with Crippen molar-refractivity contribution in [2.75, 3.05) is 6.61 Å². The Morgan fingerprint density at radius 1 is 1.56 bits per heavy atom. The van der Waals surface area contributed by atoms with Crippen molar-refractivity contribution >= 4 is 11.5 Å². The second kappa shape index (κ2) is 5.56. The van der Waals surface area contributed by atoms with Crippen LogP contribution in [-0.2, 0) is 4.79 Å². The molecule has 18 heavy (non-hydrogen) atoms. The smallest absolute Gasteiger partial charge is 0.307 e. The maximum absolute atomic E-state index is 11.8. The zero-order valence-corrected chi connectivity index (χ0v) is 11.0. The van der Waals surface area contributed by atoms with Crippen molar-refractivity contribution in [3.05, 3.63) is 10.1 Å². The molecule has 6 heteroatoms. The van der Waals surface area contributed by atoms with Gasteiger partial charge in [-0.25, -0.2) is 0 Å². The molecule has 0 aromatic heterocycles. The number of carbonyl (C=O) groups is 1. The van der Waals surface area contributed by atoms with Gasteiger partial charge < -0.3 is 5.11 Å². The highest BCUT2D eigenvalue weighted by Crippen LogP contribution is 2.33. The van der Waals surface area contributed by atoms with Gasteiger partial charge in [0.1, 0.15) is 0 Å². The Morgan fingerprint density at radius 2 is 2.17 bits per heavy atom. The van der Waals surface area contributed by atoms with E-state index in [0.717, 1.165) is 0 Å². The summed E-state index contributed by atoms with van der Waals surface area (Å²) in [6.45, 7) is 5.49. The Labute approximate surface area is 106 Å². The second-order valence-electron chi connectivity index (χ2n) is 5.54. The highest BCUT2D eigenvalue weighted by molar-refractivity contribution is 6.10. The number of hydrogen-bond donors (Lipinski definition) is 1. The minimum absolute atomic E-state index is 0.154. The van der Waals surface area contributed by atoms with Gasteiger partial charge in [0.2, 0.25) is 5.78 Å². The molecule has 0 spiro atoms. The van der Waals surface area contributed by atoms with Crippen LogP contribution in [0.3, 0.4) is 0 Å². The molecule has 6 nitrogen and oxygen atoms in total. The number of carbonyl (C=O) groups excluding carboxylic acids is 1. The minimum Gasteiger partial charge on any atom is -0.394 e. The summed E-state index contributed by atoms with van der Waals surface area (Å²) in [6, 6.07) is -1.68. The average molecular weight is 256 g/mol. The first kappa shape index (κ1) is 14.8. The van der Waals surface area contributed by atoms with E-state index in [4.69, 9.17) is 5.11 Å². The molecule has 0 radical (unpaired) electrons. The van der Waals surface area contributed by atoms with Gasteiger partial charge in [0.05, 0.1) is 18.4 Å². The van der Waals surface area contributed by atoms with Gasteiger partial charge in [-0.15, -0.1) is 0 Å². The van der Waals surface area contributed by atoms with E-state index in [0.29, 0.717) is 18.6 Å². The molecule has 0 heterocycles. The van der Waals surface area contributed by atoms with Crippen LogP contribution in [0.1, 0.15) is 40.0 Å². The maximum atomic E-state index is 11.8. The Bertz CT molecular complexity index is 372. The van der Waals surface area contributed by atoms with Crippen LogP contribution in [0.15, 0.2) is 4.99 Å². The van der Waals surface area contributed by atoms with Gasteiger partial charge in [0.25, 0.3) is 0 Å². The van der Waals surface area contributed by atoms with Gasteiger partial charge >= 0.3 is 6.04 Å². The number of ketones is 1. The number of nitro groups is 1. The van der Waals surface area contributed by atoms with Crippen LogP contribution >= 0.6 is 0 Å². The summed E-state index contributed by atoms with van der Waals surface area (Å²) in [4.78, 5) is 26.5. The van der Waals surface area contributed by atoms with Gasteiger partial charge in [-0.2, -0.15) is 0 Å². The third kappa shape index (κ3) is 3.35. The zero-order chi connectivity index (χ0) is 13.9. The van der Waals surface area contributed by atoms with E-state index in [2.05, 4.69) is 4.99 Å². The van der Waals surface area contributed by atoms with Crippen molar-refractivity contribution in [1.29, 1.82) is 0 Å². The molecule has 0 bridgehead atoms. The molecular weight excluding hydrogens is 236 g/mol. The lowest BCUT2D eigenvalue weighted by molar-refractivity contribution is -0.490. The van der Waals surface area contributed by atoms with Crippen molar-refractivity contribution in [3.8, 4) is 0 Å². The summed E-state index contributed by atoms with van der Waals surface area (Å²) >= 11 is 0. The molecule has 1 aliphatic carbocycles. The number of aliphatic hydroxyl groups excluding tert-OH is 1. The van der Waals surface area contributed by atoms with E-state index >= 15 is 0 Å². The molecule has 0 amide bonds. The van der Waals surface area contributed by atoms with Crippen LogP contribution in [0.25, 0.3) is 0 Å². The van der Waals surface area contributed by atoms with Gasteiger partial charge in [-0.3, -0.25) is 19.9 Å². The molecule has 0 aliphatic heterocycles. The summed E-state index contributed by atoms with van der Waals surface area (Å²) < 4.78 is 0. The van der Waals surface area contributed by atoms with Crippen molar-refractivity contribution in [1.82, 2.24) is 0 Å². The maximum Gasteiger partial charge on any atom is 0.307 e. The second-order valence-corrected chi connectivity index (χ2v) is 5.54. The Kier molecular flexibility index (Phi) is 4.56. The van der Waals surface area contributed by atoms with Gasteiger partial charge in [0.15, 0.2) is 0 Å². The molecule has 2 atom stereocenters. The number of rotatable bonds is 4. The molecule has 1 saturated carbocycles. The highest BCUT2D eigenvalue weighted by atomic mass is 16.6. The molecule has 1 unspecified atom stereocenters. The van der Waals surface area contributed by atoms with Gasteiger partial charge in [-0.1, -0.05) is 20.8 Å². The minimum atomic E-state index is -1.32. The predicted molar refractivity (Wildman–Crippen MR) is 67.4 cm³/mol. The van der Waals surface area contributed by atoms with Gasteiger partial charge in [0, 0.05) is 11.3 Å². The summed E-state index contributed by atoms with van der Waals surface area (Å²) in [5.74, 6) is -0.386. The van der Waals surface area contributed by atoms with Crippen molar-refractivity contribution in [2.45, 2.75) is 52.1 Å². The molecule has 102 valence electrons. The molecule has 1 fully saturated rings. The van der Waals surface area contributed by atoms with E-state index in [9.17, 15) is 14.9 Å². The number of aliphatic imine (C=N–C) groups is 1.